The number of carbonyl (C=O) groups excluding carboxylic acids is 8. The highest BCUT2D eigenvalue weighted by Gasteiger charge is 2.37. The molecule has 27 heteroatoms. The van der Waals surface area contributed by atoms with E-state index < -0.39 is 54.9 Å². The Morgan fingerprint density at radius 1 is 0.611 bits per heavy atom. The molecule has 6 amide bonds. The van der Waals surface area contributed by atoms with Crippen LogP contribution in [0.4, 0.5) is 14.0 Å². The molecule has 0 atom stereocenters. The molecule has 0 aromatic heterocycles. The zero-order valence-corrected chi connectivity index (χ0v) is 28.8. The molecule has 3 aliphatic rings. The van der Waals surface area contributed by atoms with Crippen LogP contribution in [0.15, 0.2) is 10.2 Å². The van der Waals surface area contributed by atoms with Gasteiger partial charge in [-0.25, -0.2) is 4.79 Å². The molecule has 1 N–H and O–H groups in total. The zero-order chi connectivity index (χ0) is 41.3. The number of imide groups is 3. The minimum Gasteiger partial charge on any atom is -0.430 e. The summed E-state index contributed by atoms with van der Waals surface area (Å²) in [5.41, 5.74) is 15.9. The second-order valence-corrected chi connectivity index (χ2v) is 9.45. The number of azide groups is 2. The lowest BCUT2D eigenvalue weighted by Crippen LogP contribution is -2.37. The minimum atomic E-state index is -1.48. The van der Waals surface area contributed by atoms with Crippen LogP contribution in [0.1, 0.15) is 39.9 Å². The summed E-state index contributed by atoms with van der Waals surface area (Å²) >= 11 is 0. The summed E-state index contributed by atoms with van der Waals surface area (Å²) in [6.07, 6.45) is -2.83. The van der Waals surface area contributed by atoms with Crippen LogP contribution in [-0.2, 0) is 67.0 Å². The maximum Gasteiger partial charge on any atom is 0.560 e. The van der Waals surface area contributed by atoms with Crippen molar-refractivity contribution in [1.29, 1.82) is 0 Å². The predicted molar refractivity (Wildman–Crippen MR) is 169 cm³/mol. The summed E-state index contributed by atoms with van der Waals surface area (Å²) in [6, 6.07) is 0. The molecule has 0 radical (unpaired) electrons. The minimum absolute atomic E-state index is 0.0227. The summed E-state index contributed by atoms with van der Waals surface area (Å²) in [4.78, 5) is 107. The van der Waals surface area contributed by atoms with E-state index in [-0.39, 0.29) is 81.6 Å². The number of alkyl halides is 1. The summed E-state index contributed by atoms with van der Waals surface area (Å²) in [5, 5.41) is 15.8. The van der Waals surface area contributed by atoms with Crippen LogP contribution >= 0.6 is 0 Å². The average Bonchev–Trinajstić information content (AvgIpc) is 3.77. The molecule has 3 fully saturated rings. The molecule has 0 spiro atoms. The number of nitrogens with zero attached hydrogens (tertiary/aromatic N) is 9. The maximum absolute atomic E-state index is 11.2. The fraction of sp³-hybridized carbons (Fsp3) is 0.704. The highest BCUT2D eigenvalue weighted by atomic mass is 19.1. The molecule has 0 aromatic rings. The molecule has 54 heavy (non-hydrogen) atoms. The largest absolute Gasteiger partial charge is 0.560 e. The van der Waals surface area contributed by atoms with E-state index >= 15 is 0 Å². The smallest absolute Gasteiger partial charge is 0.430 e. The van der Waals surface area contributed by atoms with Crippen LogP contribution < -0.4 is 0 Å². The molecule has 0 aromatic carbocycles. The highest BCUT2D eigenvalue weighted by Crippen LogP contribution is 2.16. The number of hydrogen-bond donors (Lipinski definition) is 1. The quantitative estimate of drug-likeness (QED) is 0.0444. The van der Waals surface area contributed by atoms with Gasteiger partial charge in [0.25, 0.3) is 35.4 Å². The summed E-state index contributed by atoms with van der Waals surface area (Å²) in [7, 11) is -1.00. The molecular weight excluding hydrogens is 741 g/mol. The van der Waals surface area contributed by atoms with Gasteiger partial charge in [0.1, 0.15) is 6.61 Å². The number of hydrogen-bond acceptors (Lipinski definition) is 19. The Hall–Kier alpha value is -5.69. The Bertz CT molecular complexity index is 1280. The standard InChI is InChI=1S/C11H16N4O7.C9H8N2O7.C6H13N3O3.CH3F/c12-14-13-3-4-19-5-6-20-7-8-21-11(18)22-15-9(16)1-2-10(15)17;12-5-1-2-6(13)10(5)17-9(16)18-11-7(14)3-4-8(11)15;7-9-8-1-3-11-5-6-12-4-2-10;1-2/h1-8H2;1-4H2;10H,1-6H2;1H3/i;;;1D. The van der Waals surface area contributed by atoms with Crippen LogP contribution in [0, 0.1) is 0 Å². The van der Waals surface area contributed by atoms with Crippen LogP contribution in [-0.4, -0.2) is 154 Å². The monoisotopic (exact) mass is 782 g/mol. The van der Waals surface area contributed by atoms with Crippen molar-refractivity contribution in [2.75, 3.05) is 86.3 Å². The zero-order valence-electron chi connectivity index (χ0n) is 29.8. The van der Waals surface area contributed by atoms with Crippen molar-refractivity contribution < 1.29 is 87.4 Å². The fourth-order valence-electron chi connectivity index (χ4n) is 3.43. The van der Waals surface area contributed by atoms with E-state index in [9.17, 15) is 42.7 Å². The second-order valence-electron chi connectivity index (χ2n) is 9.45. The first-order chi connectivity index (χ1) is 26.5. The predicted octanol–water partition coefficient (Wildman–Crippen LogP) is 0.723. The van der Waals surface area contributed by atoms with Gasteiger partial charge < -0.3 is 28.8 Å². The molecule has 0 bridgehead atoms. The lowest BCUT2D eigenvalue weighted by Gasteiger charge is -2.15. The van der Waals surface area contributed by atoms with Crippen molar-refractivity contribution in [2.24, 2.45) is 10.2 Å². The summed E-state index contributed by atoms with van der Waals surface area (Å²) < 4.78 is 40.2. The number of halogens is 1. The van der Waals surface area contributed by atoms with E-state index in [2.05, 4.69) is 39.3 Å². The third-order valence-electron chi connectivity index (χ3n) is 5.74. The van der Waals surface area contributed by atoms with Crippen molar-refractivity contribution in [3.63, 3.8) is 0 Å². The van der Waals surface area contributed by atoms with Crippen molar-refractivity contribution in [2.45, 2.75) is 38.5 Å². The maximum atomic E-state index is 11.2. The van der Waals surface area contributed by atoms with E-state index in [0.717, 1.165) is 0 Å². The van der Waals surface area contributed by atoms with Crippen molar-refractivity contribution in [3.05, 3.63) is 20.9 Å². The van der Waals surface area contributed by atoms with Crippen LogP contribution in [0.2, 0.25) is 0 Å². The topological polar surface area (TPSA) is 338 Å². The Labute approximate surface area is 306 Å². The second kappa shape index (κ2) is 30.9. The van der Waals surface area contributed by atoms with E-state index in [1.807, 2.05) is 0 Å². The van der Waals surface area contributed by atoms with E-state index in [1.165, 1.54) is 0 Å². The third kappa shape index (κ3) is 21.6. The Morgan fingerprint density at radius 3 is 1.24 bits per heavy atom. The molecule has 3 rings (SSSR count). The summed E-state index contributed by atoms with van der Waals surface area (Å²) in [6.45, 7) is 3.18. The van der Waals surface area contributed by atoms with Gasteiger partial charge in [-0.2, -0.15) is 4.79 Å². The highest BCUT2D eigenvalue weighted by molar-refractivity contribution is 6.03. The van der Waals surface area contributed by atoms with Crippen LogP contribution in [0.25, 0.3) is 20.9 Å². The van der Waals surface area contributed by atoms with Gasteiger partial charge in [-0.15, -0.1) is 0 Å². The molecule has 302 valence electrons. The van der Waals surface area contributed by atoms with Crippen molar-refractivity contribution in [1.82, 2.24) is 15.2 Å². The van der Waals surface area contributed by atoms with Gasteiger partial charge in [0.2, 0.25) is 0 Å². The number of carbonyl (C=O) groups is 8. The fourth-order valence-corrected chi connectivity index (χ4v) is 3.43. The Morgan fingerprint density at radius 2 is 0.907 bits per heavy atom. The first kappa shape index (κ1) is 46.3. The SMILES string of the molecule is O=C(ON1C(=O)CCC1=O)ON1C(=O)CCC1=O.[2H]CF.[N-]=[N+]=NCCOCCOCCO.[N-]=[N+]=NCCOCCOCCOC(=O)ON1C(=O)CCC1=O. The van der Waals surface area contributed by atoms with Gasteiger partial charge in [-0.1, -0.05) is 25.4 Å². The molecular formula is C27H40FN9O17. The molecule has 0 unspecified atom stereocenters. The third-order valence-corrected chi connectivity index (χ3v) is 5.74. The van der Waals surface area contributed by atoms with E-state index in [1.54, 1.807) is 0 Å². The van der Waals surface area contributed by atoms with Gasteiger partial charge in [-0.3, -0.25) is 47.7 Å². The number of aliphatic hydroxyl groups is 1. The van der Waals surface area contributed by atoms with Gasteiger partial charge in [0.05, 0.1) is 68.0 Å². The van der Waals surface area contributed by atoms with E-state index in [4.69, 9.17) is 36.5 Å². The molecule has 26 nitrogen and oxygen atoms in total. The number of ether oxygens (including phenoxy) is 5. The number of hydroxylamine groups is 6. The molecule has 3 aliphatic heterocycles. The first-order valence-electron chi connectivity index (χ1n) is 16.3. The Kier molecular flexibility index (Phi) is 26.5. The molecule has 0 aliphatic carbocycles. The van der Waals surface area contributed by atoms with E-state index in [0.29, 0.717) is 51.2 Å². The van der Waals surface area contributed by atoms with Crippen molar-refractivity contribution >= 4 is 47.8 Å². The normalized spacial score (nSPS) is 14.7. The van der Waals surface area contributed by atoms with Crippen molar-refractivity contribution in [3.8, 4) is 0 Å². The number of rotatable bonds is 20. The number of amides is 6. The van der Waals surface area contributed by atoms with Gasteiger partial charge in [0.15, 0.2) is 0 Å². The van der Waals surface area contributed by atoms with Gasteiger partial charge in [-0.05, 0) is 11.1 Å². The lowest BCUT2D eigenvalue weighted by molar-refractivity contribution is -0.198. The van der Waals surface area contributed by atoms with Crippen LogP contribution in [0.5, 0.6) is 0 Å². The van der Waals surface area contributed by atoms with Gasteiger partial charge in [0, 0.05) is 61.4 Å². The average molecular weight is 783 g/mol. The molecule has 3 saturated heterocycles. The van der Waals surface area contributed by atoms with Crippen LogP contribution in [0.3, 0.4) is 0 Å². The first-order valence-corrected chi connectivity index (χ1v) is 15.6. The lowest BCUT2D eigenvalue weighted by atomic mass is 10.4. The Balaban J connectivity index is 0.000000796. The molecule has 3 heterocycles. The van der Waals surface area contributed by atoms with Gasteiger partial charge >= 0.3 is 12.3 Å². The summed E-state index contributed by atoms with van der Waals surface area (Å²) in [5.74, 6) is -3.88. The number of aliphatic hydroxyl groups excluding tert-OH is 1. The molecule has 0 saturated carbocycles.